The monoisotopic (exact) mass is 401 g/mol. The van der Waals surface area contributed by atoms with Gasteiger partial charge in [0.05, 0.1) is 16.5 Å². The Labute approximate surface area is 163 Å². The summed E-state index contributed by atoms with van der Waals surface area (Å²) in [6.07, 6.45) is -0.518. The van der Waals surface area contributed by atoms with Gasteiger partial charge in [-0.1, -0.05) is 11.6 Å². The molecular weight excluding hydrogens is 386 g/mol. The molecule has 1 aromatic carbocycles. The number of nitriles is 1. The fraction of sp³-hybridized carbons (Fsp3) is 0.190. The van der Waals surface area contributed by atoms with Crippen molar-refractivity contribution in [1.82, 2.24) is 9.55 Å². The van der Waals surface area contributed by atoms with Gasteiger partial charge in [0, 0.05) is 24.5 Å². The van der Waals surface area contributed by atoms with Crippen LogP contribution in [0.25, 0.3) is 17.1 Å². The van der Waals surface area contributed by atoms with Gasteiger partial charge in [0.15, 0.2) is 5.78 Å². The molecule has 0 N–H and O–H groups in total. The molecule has 0 spiro atoms. The summed E-state index contributed by atoms with van der Waals surface area (Å²) in [7, 11) is 0. The average Bonchev–Trinajstić information content (AvgIpc) is 2.97. The minimum atomic E-state index is -4.49. The van der Waals surface area contributed by atoms with Crippen LogP contribution in [0.1, 0.15) is 29.2 Å². The molecule has 0 radical (unpaired) electrons. The number of alkyl halides is 3. The summed E-state index contributed by atoms with van der Waals surface area (Å²) in [5.74, 6) is -1.09. The van der Waals surface area contributed by atoms with E-state index in [1.807, 2.05) is 0 Å². The molecule has 29 heavy (non-hydrogen) atoms. The lowest BCUT2D eigenvalue weighted by Crippen LogP contribution is -2.07. The van der Waals surface area contributed by atoms with Gasteiger partial charge in [0.1, 0.15) is 17.5 Å². The molecular formula is C21H15F4N3O. The molecule has 148 valence electrons. The number of aryl methyl sites for hydroxylation is 1. The second-order valence-corrected chi connectivity index (χ2v) is 6.63. The van der Waals surface area contributed by atoms with Gasteiger partial charge < -0.3 is 4.57 Å². The number of pyridine rings is 1. The standard InChI is InChI=1S/C21H15F4N3O/c1-12-5-14(7-17(6-12)21(23,24)25)10-28-11-16(8-15(9-26)13(2)29)19-18(22)3-4-27-20(19)28/h3-8,11H,10H2,1-2H3/b15-8+. The summed E-state index contributed by atoms with van der Waals surface area (Å²) in [5.41, 5.74) is 0.318. The number of rotatable bonds is 4. The van der Waals surface area contributed by atoms with Crippen LogP contribution in [-0.4, -0.2) is 15.3 Å². The van der Waals surface area contributed by atoms with Gasteiger partial charge in [-0.15, -0.1) is 0 Å². The molecule has 8 heteroatoms. The zero-order valence-corrected chi connectivity index (χ0v) is 15.5. The molecule has 0 aliphatic carbocycles. The zero-order chi connectivity index (χ0) is 21.3. The maximum atomic E-state index is 14.4. The Hall–Kier alpha value is -3.47. The lowest BCUT2D eigenvalue weighted by atomic mass is 10.1. The Kier molecular flexibility index (Phi) is 5.25. The van der Waals surface area contributed by atoms with Crippen molar-refractivity contribution in [3.63, 3.8) is 0 Å². The summed E-state index contributed by atoms with van der Waals surface area (Å²) < 4.78 is 55.3. The van der Waals surface area contributed by atoms with E-state index in [1.54, 1.807) is 19.1 Å². The van der Waals surface area contributed by atoms with Crippen molar-refractivity contribution in [2.24, 2.45) is 0 Å². The normalized spacial score (nSPS) is 12.2. The maximum Gasteiger partial charge on any atom is 0.416 e. The number of benzene rings is 1. The topological polar surface area (TPSA) is 58.7 Å². The molecule has 0 saturated carbocycles. The Morgan fingerprint density at radius 3 is 2.66 bits per heavy atom. The molecule has 3 rings (SSSR count). The summed E-state index contributed by atoms with van der Waals surface area (Å²) in [6, 6.07) is 6.58. The number of halogens is 4. The van der Waals surface area contributed by atoms with Crippen LogP contribution >= 0.6 is 0 Å². The van der Waals surface area contributed by atoms with Crippen LogP contribution in [0.2, 0.25) is 0 Å². The SMILES string of the molecule is CC(=O)/C(C#N)=C/c1cn(Cc2cc(C)cc(C(F)(F)F)c2)c2nccc(F)c12. The number of carbonyl (C=O) groups is 1. The van der Waals surface area contributed by atoms with Crippen molar-refractivity contribution in [1.29, 1.82) is 5.26 Å². The van der Waals surface area contributed by atoms with Gasteiger partial charge in [-0.05, 0) is 43.7 Å². The Morgan fingerprint density at radius 1 is 1.31 bits per heavy atom. The van der Waals surface area contributed by atoms with Gasteiger partial charge in [-0.2, -0.15) is 18.4 Å². The molecule has 0 fully saturated rings. The molecule has 0 bridgehead atoms. The van der Waals surface area contributed by atoms with Crippen LogP contribution in [0.15, 0.2) is 42.2 Å². The number of nitrogens with zero attached hydrogens (tertiary/aromatic N) is 3. The van der Waals surface area contributed by atoms with Crippen molar-refractivity contribution in [3.05, 3.63) is 70.3 Å². The highest BCUT2D eigenvalue weighted by atomic mass is 19.4. The van der Waals surface area contributed by atoms with Crippen LogP contribution in [0.5, 0.6) is 0 Å². The fourth-order valence-corrected chi connectivity index (χ4v) is 3.12. The first kappa shape index (κ1) is 20.3. The lowest BCUT2D eigenvalue weighted by Gasteiger charge is -2.11. The van der Waals surface area contributed by atoms with Crippen molar-refractivity contribution in [2.75, 3.05) is 0 Å². The van der Waals surface area contributed by atoms with E-state index >= 15 is 0 Å². The van der Waals surface area contributed by atoms with Crippen molar-refractivity contribution in [3.8, 4) is 6.07 Å². The summed E-state index contributed by atoms with van der Waals surface area (Å²) in [4.78, 5) is 15.7. The highest BCUT2D eigenvalue weighted by Gasteiger charge is 2.31. The molecule has 2 aromatic heterocycles. The Bertz CT molecular complexity index is 1180. The number of allylic oxidation sites excluding steroid dienone is 1. The highest BCUT2D eigenvalue weighted by Crippen LogP contribution is 2.31. The smallest absolute Gasteiger partial charge is 0.327 e. The largest absolute Gasteiger partial charge is 0.416 e. The average molecular weight is 401 g/mol. The van der Waals surface area contributed by atoms with E-state index in [9.17, 15) is 22.4 Å². The summed E-state index contributed by atoms with van der Waals surface area (Å²) >= 11 is 0. The molecule has 0 aliphatic heterocycles. The van der Waals surface area contributed by atoms with E-state index in [4.69, 9.17) is 5.26 Å². The van der Waals surface area contributed by atoms with Crippen LogP contribution in [0, 0.1) is 24.1 Å². The first-order valence-electron chi connectivity index (χ1n) is 8.54. The van der Waals surface area contributed by atoms with E-state index in [0.29, 0.717) is 11.1 Å². The zero-order valence-electron chi connectivity index (χ0n) is 15.5. The maximum absolute atomic E-state index is 14.4. The molecule has 3 aromatic rings. The van der Waals surface area contributed by atoms with Gasteiger partial charge in [-0.3, -0.25) is 4.79 Å². The number of aromatic nitrogens is 2. The Balaban J connectivity index is 2.15. The van der Waals surface area contributed by atoms with Gasteiger partial charge in [-0.25, -0.2) is 9.37 Å². The second kappa shape index (κ2) is 7.51. The quantitative estimate of drug-likeness (QED) is 0.349. The molecule has 0 saturated heterocycles. The molecule has 0 amide bonds. The predicted octanol–water partition coefficient (Wildman–Crippen LogP) is 5.05. The summed E-state index contributed by atoms with van der Waals surface area (Å²) in [6.45, 7) is 2.78. The number of hydrogen-bond donors (Lipinski definition) is 0. The van der Waals surface area contributed by atoms with Gasteiger partial charge >= 0.3 is 6.18 Å². The predicted molar refractivity (Wildman–Crippen MR) is 99.2 cm³/mol. The van der Waals surface area contributed by atoms with Crippen molar-refractivity contribution in [2.45, 2.75) is 26.6 Å². The van der Waals surface area contributed by atoms with E-state index in [1.165, 1.54) is 30.0 Å². The summed E-state index contributed by atoms with van der Waals surface area (Å²) in [5, 5.41) is 9.20. The number of fused-ring (bicyclic) bond motifs is 1. The number of hydrogen-bond acceptors (Lipinski definition) is 3. The highest BCUT2D eigenvalue weighted by molar-refractivity contribution is 6.03. The van der Waals surface area contributed by atoms with E-state index < -0.39 is 23.3 Å². The number of ketones is 1. The fourth-order valence-electron chi connectivity index (χ4n) is 3.12. The molecule has 0 aliphatic rings. The third-order valence-corrected chi connectivity index (χ3v) is 4.35. The van der Waals surface area contributed by atoms with Crippen LogP contribution in [-0.2, 0) is 17.5 Å². The second-order valence-electron chi connectivity index (χ2n) is 6.63. The van der Waals surface area contributed by atoms with Crippen molar-refractivity contribution >= 4 is 22.9 Å². The third kappa shape index (κ3) is 4.19. The van der Waals surface area contributed by atoms with Gasteiger partial charge in [0.25, 0.3) is 0 Å². The van der Waals surface area contributed by atoms with E-state index in [0.717, 1.165) is 18.2 Å². The minimum Gasteiger partial charge on any atom is -0.327 e. The van der Waals surface area contributed by atoms with E-state index in [-0.39, 0.29) is 28.7 Å². The van der Waals surface area contributed by atoms with Crippen LogP contribution in [0.4, 0.5) is 17.6 Å². The van der Waals surface area contributed by atoms with Crippen molar-refractivity contribution < 1.29 is 22.4 Å². The molecule has 0 unspecified atom stereocenters. The van der Waals surface area contributed by atoms with Crippen LogP contribution < -0.4 is 0 Å². The minimum absolute atomic E-state index is 0.00745. The lowest BCUT2D eigenvalue weighted by molar-refractivity contribution is -0.137. The van der Waals surface area contributed by atoms with E-state index in [2.05, 4.69) is 4.98 Å². The first-order chi connectivity index (χ1) is 13.6. The molecule has 4 nitrogen and oxygen atoms in total. The van der Waals surface area contributed by atoms with Gasteiger partial charge in [0.2, 0.25) is 0 Å². The van der Waals surface area contributed by atoms with Crippen LogP contribution in [0.3, 0.4) is 0 Å². The molecule has 0 atom stereocenters. The third-order valence-electron chi connectivity index (χ3n) is 4.35. The Morgan fingerprint density at radius 2 is 2.03 bits per heavy atom. The number of Topliss-reactive ketones (excluding diaryl/α,β-unsaturated/α-hetero) is 1. The first-order valence-corrected chi connectivity index (χ1v) is 8.54. The molecule has 2 heterocycles. The number of carbonyl (C=O) groups excluding carboxylic acids is 1.